The minimum atomic E-state index is -1.06. The lowest BCUT2D eigenvalue weighted by atomic mass is 10.2. The van der Waals surface area contributed by atoms with Gasteiger partial charge in [0.1, 0.15) is 0 Å². The average molecular weight is 185 g/mol. The average Bonchev–Trinajstić information content (AvgIpc) is 2.30. The second-order valence-corrected chi connectivity index (χ2v) is 2.74. The summed E-state index contributed by atoms with van der Waals surface area (Å²) in [5, 5.41) is 15.7. The van der Waals surface area contributed by atoms with Crippen LogP contribution in [0.5, 0.6) is 0 Å². The maximum Gasteiger partial charge on any atom is 0.404 e. The molecule has 13 heavy (non-hydrogen) atoms. The fourth-order valence-electron chi connectivity index (χ4n) is 1.04. The van der Waals surface area contributed by atoms with E-state index in [1.165, 1.54) is 5.01 Å². The normalized spacial score (nSPS) is 15.9. The van der Waals surface area contributed by atoms with Crippen LogP contribution in [0.1, 0.15) is 12.8 Å². The predicted molar refractivity (Wildman–Crippen MR) is 45.5 cm³/mol. The lowest BCUT2D eigenvalue weighted by Gasteiger charge is -1.99. The van der Waals surface area contributed by atoms with Gasteiger partial charge in [-0.1, -0.05) is 0 Å². The summed E-state index contributed by atoms with van der Waals surface area (Å²) in [4.78, 5) is 21.0. The Bertz CT molecular complexity index is 262. The van der Waals surface area contributed by atoms with Gasteiger partial charge in [-0.2, -0.15) is 5.10 Å². The molecule has 0 aromatic heterocycles. The summed E-state index contributed by atoms with van der Waals surface area (Å²) in [6.45, 7) is 0.301. The molecule has 2 amide bonds. The Morgan fingerprint density at radius 3 is 2.92 bits per heavy atom. The van der Waals surface area contributed by atoms with Gasteiger partial charge in [-0.05, 0) is 0 Å². The van der Waals surface area contributed by atoms with E-state index in [1.54, 1.807) is 7.05 Å². The van der Waals surface area contributed by atoms with Crippen molar-refractivity contribution in [2.75, 3.05) is 13.6 Å². The van der Waals surface area contributed by atoms with Crippen LogP contribution in [-0.2, 0) is 4.79 Å². The smallest absolute Gasteiger partial charge is 0.404 e. The molecule has 0 spiro atoms. The molecule has 0 unspecified atom stereocenters. The standard InChI is InChI=1S/C7H11N3O3/c1-10-6(11)4-5(9-10)2-3-8-7(12)13/h8H,2-4H2,1H3,(H,12,13). The van der Waals surface area contributed by atoms with E-state index in [0.717, 1.165) is 5.71 Å². The van der Waals surface area contributed by atoms with Crippen LogP contribution < -0.4 is 5.32 Å². The van der Waals surface area contributed by atoms with Crippen LogP contribution in [0.3, 0.4) is 0 Å². The Morgan fingerprint density at radius 2 is 2.46 bits per heavy atom. The monoisotopic (exact) mass is 185 g/mol. The van der Waals surface area contributed by atoms with Crippen LogP contribution in [0.2, 0.25) is 0 Å². The number of carboxylic acid groups (broad SMARTS) is 1. The lowest BCUT2D eigenvalue weighted by Crippen LogP contribution is -2.23. The highest BCUT2D eigenvalue weighted by atomic mass is 16.4. The van der Waals surface area contributed by atoms with Gasteiger partial charge >= 0.3 is 6.09 Å². The van der Waals surface area contributed by atoms with Gasteiger partial charge in [-0.3, -0.25) is 4.79 Å². The van der Waals surface area contributed by atoms with E-state index in [1.807, 2.05) is 0 Å². The minimum Gasteiger partial charge on any atom is -0.465 e. The molecule has 1 aliphatic rings. The van der Waals surface area contributed by atoms with E-state index in [0.29, 0.717) is 19.4 Å². The van der Waals surface area contributed by atoms with Crippen LogP contribution in [0.25, 0.3) is 0 Å². The molecule has 6 heteroatoms. The first kappa shape index (κ1) is 9.50. The maximum atomic E-state index is 11.0. The summed E-state index contributed by atoms with van der Waals surface area (Å²) in [6.07, 6.45) is -0.265. The minimum absolute atomic E-state index is 0.0506. The Kier molecular flexibility index (Phi) is 2.84. The molecule has 72 valence electrons. The zero-order valence-electron chi connectivity index (χ0n) is 7.28. The molecule has 0 atom stereocenters. The summed E-state index contributed by atoms with van der Waals surface area (Å²) < 4.78 is 0. The van der Waals surface area contributed by atoms with E-state index < -0.39 is 6.09 Å². The third-order valence-electron chi connectivity index (χ3n) is 1.70. The molecule has 0 saturated carbocycles. The molecule has 0 saturated heterocycles. The van der Waals surface area contributed by atoms with Crippen molar-refractivity contribution in [3.63, 3.8) is 0 Å². The molecular weight excluding hydrogens is 174 g/mol. The summed E-state index contributed by atoms with van der Waals surface area (Å²) in [5.41, 5.74) is 0.723. The zero-order valence-corrected chi connectivity index (χ0v) is 7.28. The van der Waals surface area contributed by atoms with Crippen molar-refractivity contribution in [1.29, 1.82) is 0 Å². The highest BCUT2D eigenvalue weighted by Crippen LogP contribution is 2.07. The molecule has 0 radical (unpaired) electrons. The number of carbonyl (C=O) groups is 2. The summed E-state index contributed by atoms with van der Waals surface area (Å²) >= 11 is 0. The van der Waals surface area contributed by atoms with Gasteiger partial charge in [0, 0.05) is 25.7 Å². The molecule has 0 aliphatic carbocycles. The molecular formula is C7H11N3O3. The highest BCUT2D eigenvalue weighted by molar-refractivity contribution is 6.04. The van der Waals surface area contributed by atoms with Crippen molar-refractivity contribution in [2.24, 2.45) is 5.10 Å². The zero-order chi connectivity index (χ0) is 9.84. The number of hydrazone groups is 1. The molecule has 1 aliphatic heterocycles. The Labute approximate surface area is 75.2 Å². The van der Waals surface area contributed by atoms with Crippen LogP contribution in [0.15, 0.2) is 5.10 Å². The van der Waals surface area contributed by atoms with Crippen molar-refractivity contribution in [1.82, 2.24) is 10.3 Å². The molecule has 0 aromatic carbocycles. The molecule has 1 heterocycles. The predicted octanol–water partition coefficient (Wildman–Crippen LogP) is -0.138. The lowest BCUT2D eigenvalue weighted by molar-refractivity contribution is -0.127. The van der Waals surface area contributed by atoms with Crippen LogP contribution in [0.4, 0.5) is 4.79 Å². The maximum absolute atomic E-state index is 11.0. The van der Waals surface area contributed by atoms with E-state index in [2.05, 4.69) is 10.4 Å². The molecule has 2 N–H and O–H groups in total. The summed E-state index contributed by atoms with van der Waals surface area (Å²) in [6, 6.07) is 0. The van der Waals surface area contributed by atoms with Gasteiger partial charge in [-0.15, -0.1) is 0 Å². The number of hydrogen-bond donors (Lipinski definition) is 2. The first-order chi connectivity index (χ1) is 6.09. The first-order valence-corrected chi connectivity index (χ1v) is 3.89. The van der Waals surface area contributed by atoms with Crippen LogP contribution in [-0.4, -0.2) is 41.4 Å². The van der Waals surface area contributed by atoms with Gasteiger partial charge in [-0.25, -0.2) is 9.80 Å². The third kappa shape index (κ3) is 2.73. The molecule has 6 nitrogen and oxygen atoms in total. The van der Waals surface area contributed by atoms with Crippen molar-refractivity contribution in [3.8, 4) is 0 Å². The fourth-order valence-corrected chi connectivity index (χ4v) is 1.04. The molecule has 0 aromatic rings. The van der Waals surface area contributed by atoms with E-state index in [4.69, 9.17) is 5.11 Å². The van der Waals surface area contributed by atoms with E-state index >= 15 is 0 Å². The second-order valence-electron chi connectivity index (χ2n) is 2.74. The Hall–Kier alpha value is -1.59. The number of nitrogens with one attached hydrogen (secondary N) is 1. The fraction of sp³-hybridized carbons (Fsp3) is 0.571. The van der Waals surface area contributed by atoms with Gasteiger partial charge in [0.25, 0.3) is 0 Å². The second kappa shape index (κ2) is 3.88. The Balaban J connectivity index is 2.27. The van der Waals surface area contributed by atoms with Gasteiger partial charge in [0.15, 0.2) is 0 Å². The van der Waals surface area contributed by atoms with Crippen molar-refractivity contribution < 1.29 is 14.7 Å². The van der Waals surface area contributed by atoms with E-state index in [9.17, 15) is 9.59 Å². The summed E-state index contributed by atoms with van der Waals surface area (Å²) in [7, 11) is 1.58. The highest BCUT2D eigenvalue weighted by Gasteiger charge is 2.19. The van der Waals surface area contributed by atoms with Crippen molar-refractivity contribution >= 4 is 17.7 Å². The number of carbonyl (C=O) groups excluding carboxylic acids is 1. The SMILES string of the molecule is CN1N=C(CCNC(=O)O)CC1=O. The number of amides is 2. The molecule has 0 fully saturated rings. The first-order valence-electron chi connectivity index (χ1n) is 3.89. The number of hydrogen-bond acceptors (Lipinski definition) is 3. The molecule has 1 rings (SSSR count). The Morgan fingerprint density at radius 1 is 1.77 bits per heavy atom. The van der Waals surface area contributed by atoms with Crippen molar-refractivity contribution in [3.05, 3.63) is 0 Å². The van der Waals surface area contributed by atoms with E-state index in [-0.39, 0.29) is 5.91 Å². The van der Waals surface area contributed by atoms with Gasteiger partial charge in [0.05, 0.1) is 6.42 Å². The molecule has 0 bridgehead atoms. The van der Waals surface area contributed by atoms with Gasteiger partial charge < -0.3 is 10.4 Å². The largest absolute Gasteiger partial charge is 0.465 e. The third-order valence-corrected chi connectivity index (χ3v) is 1.70. The number of rotatable bonds is 3. The topological polar surface area (TPSA) is 82.0 Å². The van der Waals surface area contributed by atoms with Crippen molar-refractivity contribution in [2.45, 2.75) is 12.8 Å². The quantitative estimate of drug-likeness (QED) is 0.642. The number of nitrogens with zero attached hydrogens (tertiary/aromatic N) is 2. The summed E-state index contributed by atoms with van der Waals surface area (Å²) in [5.74, 6) is -0.0506. The van der Waals surface area contributed by atoms with Gasteiger partial charge in [0.2, 0.25) is 5.91 Å². The van der Waals surface area contributed by atoms with Crippen LogP contribution in [0, 0.1) is 0 Å². The van der Waals surface area contributed by atoms with Crippen LogP contribution >= 0.6 is 0 Å².